The van der Waals surface area contributed by atoms with Crippen LogP contribution in [0.5, 0.6) is 5.75 Å². The van der Waals surface area contributed by atoms with Crippen molar-refractivity contribution >= 4 is 23.2 Å². The van der Waals surface area contributed by atoms with Gasteiger partial charge in [-0.25, -0.2) is 0 Å². The summed E-state index contributed by atoms with van der Waals surface area (Å²) < 4.78 is 5.82. The van der Waals surface area contributed by atoms with Crippen molar-refractivity contribution in [1.82, 2.24) is 5.32 Å². The summed E-state index contributed by atoms with van der Waals surface area (Å²) in [6.07, 6.45) is 0. The molecule has 5 heteroatoms. The number of hydrogen-bond acceptors (Lipinski definition) is 3. The molecule has 156 valence electrons. The summed E-state index contributed by atoms with van der Waals surface area (Å²) >= 11 is 5.90. The van der Waals surface area contributed by atoms with Gasteiger partial charge in [-0.3, -0.25) is 4.79 Å². The Morgan fingerprint density at radius 1 is 0.967 bits per heavy atom. The third kappa shape index (κ3) is 6.82. The molecule has 1 amide bonds. The molecule has 0 radical (unpaired) electrons. The molecule has 4 nitrogen and oxygen atoms in total. The Balaban J connectivity index is 1.50. The van der Waals surface area contributed by atoms with E-state index in [1.165, 1.54) is 0 Å². The molecule has 0 aliphatic carbocycles. The lowest BCUT2D eigenvalue weighted by Gasteiger charge is -2.11. The van der Waals surface area contributed by atoms with Crippen LogP contribution in [0, 0.1) is 5.92 Å². The van der Waals surface area contributed by atoms with E-state index in [-0.39, 0.29) is 5.91 Å². The number of halogens is 1. The molecule has 0 saturated carbocycles. The molecule has 0 aromatic heterocycles. The first-order valence-corrected chi connectivity index (χ1v) is 10.5. The van der Waals surface area contributed by atoms with Gasteiger partial charge in [0.15, 0.2) is 0 Å². The van der Waals surface area contributed by atoms with Crippen LogP contribution >= 0.6 is 11.6 Å². The van der Waals surface area contributed by atoms with Crippen molar-refractivity contribution in [3.05, 3.63) is 94.5 Å². The van der Waals surface area contributed by atoms with Crippen LogP contribution in [0.4, 0.5) is 5.69 Å². The van der Waals surface area contributed by atoms with E-state index < -0.39 is 0 Å². The zero-order chi connectivity index (χ0) is 21.3. The first kappa shape index (κ1) is 21.7. The maximum Gasteiger partial charge on any atom is 0.251 e. The lowest BCUT2D eigenvalue weighted by atomic mass is 10.1. The maximum absolute atomic E-state index is 12.2. The monoisotopic (exact) mass is 422 g/mol. The number of anilines is 1. The molecule has 0 bridgehead atoms. The second-order valence-electron chi connectivity index (χ2n) is 7.60. The molecule has 0 spiro atoms. The number of carbonyl (C=O) groups is 1. The van der Waals surface area contributed by atoms with Gasteiger partial charge in [0.05, 0.1) is 0 Å². The van der Waals surface area contributed by atoms with Crippen molar-refractivity contribution in [3.8, 4) is 5.75 Å². The number of hydrogen-bond donors (Lipinski definition) is 2. The van der Waals surface area contributed by atoms with Crippen molar-refractivity contribution in [2.45, 2.75) is 27.0 Å². The summed E-state index contributed by atoms with van der Waals surface area (Å²) in [6, 6.07) is 23.2. The SMILES string of the molecule is CC(C)CNC(=O)c1cccc(NCc2ccc(OCc3ccc(Cl)cc3)cc2)c1. The third-order valence-electron chi connectivity index (χ3n) is 4.53. The van der Waals surface area contributed by atoms with Crippen molar-refractivity contribution < 1.29 is 9.53 Å². The zero-order valence-corrected chi connectivity index (χ0v) is 18.1. The number of ether oxygens (including phenoxy) is 1. The molecule has 0 aliphatic heterocycles. The Morgan fingerprint density at radius 2 is 1.67 bits per heavy atom. The van der Waals surface area contributed by atoms with Gasteiger partial charge in [0.25, 0.3) is 5.91 Å². The molecule has 0 atom stereocenters. The van der Waals surface area contributed by atoms with Gasteiger partial charge in [0.1, 0.15) is 12.4 Å². The summed E-state index contributed by atoms with van der Waals surface area (Å²) in [7, 11) is 0. The first-order valence-electron chi connectivity index (χ1n) is 10.1. The molecule has 0 aliphatic rings. The Bertz CT molecular complexity index is 954. The highest BCUT2D eigenvalue weighted by atomic mass is 35.5. The highest BCUT2D eigenvalue weighted by Gasteiger charge is 2.07. The second kappa shape index (κ2) is 10.7. The molecule has 2 N–H and O–H groups in total. The fraction of sp³-hybridized carbons (Fsp3) is 0.240. The van der Waals surface area contributed by atoms with Gasteiger partial charge in [-0.05, 0) is 59.5 Å². The fourth-order valence-corrected chi connectivity index (χ4v) is 2.95. The van der Waals surface area contributed by atoms with Gasteiger partial charge in [-0.15, -0.1) is 0 Å². The van der Waals surface area contributed by atoms with Gasteiger partial charge in [0.2, 0.25) is 0 Å². The normalized spacial score (nSPS) is 10.7. The van der Waals surface area contributed by atoms with Gasteiger partial charge in [0, 0.05) is 29.4 Å². The molecule has 0 unspecified atom stereocenters. The molecule has 0 fully saturated rings. The third-order valence-corrected chi connectivity index (χ3v) is 4.79. The van der Waals surface area contributed by atoms with E-state index in [0.29, 0.717) is 31.2 Å². The Kier molecular flexibility index (Phi) is 7.75. The van der Waals surface area contributed by atoms with E-state index in [1.807, 2.05) is 72.8 Å². The van der Waals surface area contributed by atoms with Gasteiger partial charge >= 0.3 is 0 Å². The molecule has 3 aromatic carbocycles. The van der Waals surface area contributed by atoms with E-state index in [1.54, 1.807) is 0 Å². The average molecular weight is 423 g/mol. The van der Waals surface area contributed by atoms with Crippen LogP contribution in [-0.4, -0.2) is 12.5 Å². The van der Waals surface area contributed by atoms with Crippen LogP contribution in [0.15, 0.2) is 72.8 Å². The predicted molar refractivity (Wildman–Crippen MR) is 123 cm³/mol. The molecule has 3 aromatic rings. The van der Waals surface area contributed by atoms with Crippen LogP contribution in [0.25, 0.3) is 0 Å². The fourth-order valence-electron chi connectivity index (χ4n) is 2.82. The Labute approximate surface area is 183 Å². The van der Waals surface area contributed by atoms with Crippen molar-refractivity contribution in [1.29, 1.82) is 0 Å². The number of carbonyl (C=O) groups excluding carboxylic acids is 1. The molecule has 0 heterocycles. The van der Waals surface area contributed by atoms with Crippen LogP contribution in [0.2, 0.25) is 5.02 Å². The van der Waals surface area contributed by atoms with E-state index in [2.05, 4.69) is 24.5 Å². The topological polar surface area (TPSA) is 50.4 Å². The summed E-state index contributed by atoms with van der Waals surface area (Å²) in [5.74, 6) is 1.19. The summed E-state index contributed by atoms with van der Waals surface area (Å²) in [5, 5.41) is 7.04. The van der Waals surface area contributed by atoms with Crippen LogP contribution in [-0.2, 0) is 13.2 Å². The highest BCUT2D eigenvalue weighted by molar-refractivity contribution is 6.30. The number of nitrogens with one attached hydrogen (secondary N) is 2. The number of amides is 1. The van der Waals surface area contributed by atoms with Gasteiger partial charge in [-0.1, -0.05) is 55.8 Å². The van der Waals surface area contributed by atoms with Crippen LogP contribution < -0.4 is 15.4 Å². The lowest BCUT2D eigenvalue weighted by molar-refractivity contribution is 0.0949. The largest absolute Gasteiger partial charge is 0.489 e. The minimum absolute atomic E-state index is 0.0467. The zero-order valence-electron chi connectivity index (χ0n) is 17.3. The minimum Gasteiger partial charge on any atom is -0.489 e. The Hall–Kier alpha value is -2.98. The van der Waals surface area contributed by atoms with E-state index in [9.17, 15) is 4.79 Å². The van der Waals surface area contributed by atoms with E-state index >= 15 is 0 Å². The molecular formula is C25H27ClN2O2. The summed E-state index contributed by atoms with van der Waals surface area (Å²) in [4.78, 5) is 12.2. The van der Waals surface area contributed by atoms with Gasteiger partial charge < -0.3 is 15.4 Å². The second-order valence-corrected chi connectivity index (χ2v) is 8.03. The Morgan fingerprint density at radius 3 is 2.37 bits per heavy atom. The number of benzene rings is 3. The predicted octanol–water partition coefficient (Wildman–Crippen LogP) is 5.92. The van der Waals surface area contributed by atoms with E-state index in [0.717, 1.165) is 27.6 Å². The molecule has 0 saturated heterocycles. The van der Waals surface area contributed by atoms with E-state index in [4.69, 9.17) is 16.3 Å². The summed E-state index contributed by atoms with van der Waals surface area (Å²) in [6.45, 7) is 5.98. The maximum atomic E-state index is 12.2. The standard InChI is InChI=1S/C25H27ClN2O2/c1-18(2)15-28-25(29)21-4-3-5-23(14-21)27-16-19-8-12-24(13-9-19)30-17-20-6-10-22(26)11-7-20/h3-14,18,27H,15-17H2,1-2H3,(H,28,29). The van der Waals surface area contributed by atoms with Gasteiger partial charge in [-0.2, -0.15) is 0 Å². The highest BCUT2D eigenvalue weighted by Crippen LogP contribution is 2.17. The molecule has 30 heavy (non-hydrogen) atoms. The quantitative estimate of drug-likeness (QED) is 0.450. The average Bonchev–Trinajstić information content (AvgIpc) is 2.76. The smallest absolute Gasteiger partial charge is 0.251 e. The van der Waals surface area contributed by atoms with Crippen molar-refractivity contribution in [2.75, 3.05) is 11.9 Å². The van der Waals surface area contributed by atoms with Crippen molar-refractivity contribution in [2.24, 2.45) is 5.92 Å². The summed E-state index contributed by atoms with van der Waals surface area (Å²) in [5.41, 5.74) is 3.77. The lowest BCUT2D eigenvalue weighted by Crippen LogP contribution is -2.27. The van der Waals surface area contributed by atoms with Crippen LogP contribution in [0.3, 0.4) is 0 Å². The van der Waals surface area contributed by atoms with Crippen LogP contribution in [0.1, 0.15) is 35.3 Å². The molecular weight excluding hydrogens is 396 g/mol. The first-order chi connectivity index (χ1) is 14.5. The molecule has 3 rings (SSSR count). The minimum atomic E-state index is -0.0467. The van der Waals surface area contributed by atoms with Crippen molar-refractivity contribution in [3.63, 3.8) is 0 Å². The number of rotatable bonds is 9.